The molecule has 0 aromatic heterocycles. The number of carbonyl (C=O) groups excluding carboxylic acids is 2. The van der Waals surface area contributed by atoms with E-state index in [0.717, 1.165) is 0 Å². The van der Waals surface area contributed by atoms with Crippen molar-refractivity contribution in [2.24, 2.45) is 5.92 Å². The first-order valence-corrected chi connectivity index (χ1v) is 13.1. The van der Waals surface area contributed by atoms with Crippen molar-refractivity contribution in [1.82, 2.24) is 0 Å². The Morgan fingerprint density at radius 3 is 1.27 bits per heavy atom. The first kappa shape index (κ1) is 30.1. The SMILES string of the molecule is O=C(OCc1ccccc1)C(CC(S(=O)(=O)C(F)(F)F)S(=O)(=O)C(F)(F)F)C(=O)OCc1ccccc1. The number of benzene rings is 2. The number of carbonyl (C=O) groups is 2. The zero-order valence-electron chi connectivity index (χ0n) is 18.4. The number of sulfone groups is 2. The average Bonchev–Trinajstić information content (AvgIpc) is 2.81. The van der Waals surface area contributed by atoms with Crippen LogP contribution in [0.2, 0.25) is 0 Å². The molecule has 2 aromatic rings. The molecule has 2 rings (SSSR count). The smallest absolute Gasteiger partial charge is 0.460 e. The minimum Gasteiger partial charge on any atom is -0.460 e. The number of hydrogen-bond acceptors (Lipinski definition) is 8. The van der Waals surface area contributed by atoms with Gasteiger partial charge in [0.1, 0.15) is 13.2 Å². The molecule has 0 fully saturated rings. The molecule has 2 aromatic carbocycles. The summed E-state index contributed by atoms with van der Waals surface area (Å²) in [5, 5.41) is 0. The molecular formula is C21H18F6O8S2. The van der Waals surface area contributed by atoms with Crippen molar-refractivity contribution >= 4 is 31.6 Å². The van der Waals surface area contributed by atoms with Crippen LogP contribution in [0.3, 0.4) is 0 Å². The molecule has 16 heteroatoms. The van der Waals surface area contributed by atoms with Gasteiger partial charge in [0, 0.05) is 6.42 Å². The summed E-state index contributed by atoms with van der Waals surface area (Å²) in [5.74, 6) is -6.35. The normalized spacial score (nSPS) is 13.0. The summed E-state index contributed by atoms with van der Waals surface area (Å²) in [4.78, 5) is 25.2. The Morgan fingerprint density at radius 2 is 0.973 bits per heavy atom. The largest absolute Gasteiger partial charge is 0.498 e. The second-order valence-electron chi connectivity index (χ2n) is 7.39. The van der Waals surface area contributed by atoms with E-state index in [1.165, 1.54) is 48.5 Å². The van der Waals surface area contributed by atoms with Crippen molar-refractivity contribution in [3.63, 3.8) is 0 Å². The van der Waals surface area contributed by atoms with Crippen LogP contribution < -0.4 is 0 Å². The monoisotopic (exact) mass is 576 g/mol. The maximum absolute atomic E-state index is 13.1. The highest BCUT2D eigenvalue weighted by Gasteiger charge is 2.64. The van der Waals surface area contributed by atoms with Gasteiger partial charge in [-0.2, -0.15) is 26.3 Å². The molecule has 8 nitrogen and oxygen atoms in total. The first-order valence-electron chi connectivity index (χ1n) is 10.00. The van der Waals surface area contributed by atoms with Crippen molar-refractivity contribution in [3.05, 3.63) is 71.8 Å². The van der Waals surface area contributed by atoms with Crippen LogP contribution in [0.15, 0.2) is 60.7 Å². The number of alkyl halides is 6. The summed E-state index contributed by atoms with van der Waals surface area (Å²) in [6.45, 7) is -1.24. The van der Waals surface area contributed by atoms with Crippen molar-refractivity contribution in [2.45, 2.75) is 35.2 Å². The van der Waals surface area contributed by atoms with Crippen molar-refractivity contribution in [2.75, 3.05) is 0 Å². The van der Waals surface area contributed by atoms with E-state index in [9.17, 15) is 52.8 Å². The average molecular weight is 576 g/mol. The summed E-state index contributed by atoms with van der Waals surface area (Å²) in [6.07, 6.45) is -2.26. The summed E-state index contributed by atoms with van der Waals surface area (Å²) in [7, 11) is -14.2. The first-order chi connectivity index (χ1) is 17.0. The lowest BCUT2D eigenvalue weighted by molar-refractivity contribution is -0.164. The van der Waals surface area contributed by atoms with Crippen LogP contribution in [-0.2, 0) is 52.0 Å². The maximum atomic E-state index is 13.1. The van der Waals surface area contributed by atoms with Gasteiger partial charge < -0.3 is 9.47 Å². The van der Waals surface area contributed by atoms with Gasteiger partial charge in [-0.15, -0.1) is 0 Å². The van der Waals surface area contributed by atoms with Gasteiger partial charge in [0.2, 0.25) is 0 Å². The third kappa shape index (κ3) is 7.44. The van der Waals surface area contributed by atoms with E-state index >= 15 is 0 Å². The predicted molar refractivity (Wildman–Crippen MR) is 114 cm³/mol. The number of hydrogen-bond donors (Lipinski definition) is 0. The molecule has 0 atom stereocenters. The Labute approximate surface area is 207 Å². The van der Waals surface area contributed by atoms with E-state index in [2.05, 4.69) is 0 Å². The van der Waals surface area contributed by atoms with Crippen LogP contribution in [0, 0.1) is 5.92 Å². The van der Waals surface area contributed by atoms with Gasteiger partial charge in [-0.1, -0.05) is 60.7 Å². The topological polar surface area (TPSA) is 121 Å². The molecule has 0 spiro atoms. The van der Waals surface area contributed by atoms with Crippen LogP contribution in [0.25, 0.3) is 0 Å². The van der Waals surface area contributed by atoms with Crippen molar-refractivity contribution < 1.29 is 62.2 Å². The van der Waals surface area contributed by atoms with E-state index in [-0.39, 0.29) is 11.1 Å². The Hall–Kier alpha value is -3.14. The molecule has 0 radical (unpaired) electrons. The van der Waals surface area contributed by atoms with E-state index in [1.807, 2.05) is 0 Å². The minimum absolute atomic E-state index is 0.287. The fraction of sp³-hybridized carbons (Fsp3) is 0.333. The molecule has 37 heavy (non-hydrogen) atoms. The highest BCUT2D eigenvalue weighted by molar-refractivity contribution is 8.09. The lowest BCUT2D eigenvalue weighted by Gasteiger charge is -2.23. The molecule has 0 aliphatic heterocycles. The molecule has 0 aliphatic rings. The number of ether oxygens (including phenoxy) is 2. The molecular weight excluding hydrogens is 558 g/mol. The quantitative estimate of drug-likeness (QED) is 0.239. The van der Waals surface area contributed by atoms with Crippen LogP contribution in [0.1, 0.15) is 17.5 Å². The molecule has 0 saturated heterocycles. The maximum Gasteiger partial charge on any atom is 0.498 e. The van der Waals surface area contributed by atoms with E-state index in [4.69, 9.17) is 9.47 Å². The summed E-state index contributed by atoms with van der Waals surface area (Å²) < 4.78 is 132. The van der Waals surface area contributed by atoms with Gasteiger partial charge in [-0.25, -0.2) is 16.8 Å². The van der Waals surface area contributed by atoms with Gasteiger partial charge in [0.05, 0.1) is 0 Å². The van der Waals surface area contributed by atoms with Crippen LogP contribution in [0.5, 0.6) is 0 Å². The van der Waals surface area contributed by atoms with Gasteiger partial charge in [0.15, 0.2) is 10.5 Å². The number of esters is 2. The molecule has 0 aliphatic carbocycles. The second kappa shape index (κ2) is 11.5. The van der Waals surface area contributed by atoms with Crippen molar-refractivity contribution in [1.29, 1.82) is 0 Å². The van der Waals surface area contributed by atoms with Crippen LogP contribution >= 0.6 is 0 Å². The van der Waals surface area contributed by atoms with E-state index in [0.29, 0.717) is 0 Å². The molecule has 0 unspecified atom stereocenters. The highest BCUT2D eigenvalue weighted by atomic mass is 32.3. The highest BCUT2D eigenvalue weighted by Crippen LogP contribution is 2.39. The zero-order valence-corrected chi connectivity index (χ0v) is 20.0. The molecule has 204 valence electrons. The fourth-order valence-electron chi connectivity index (χ4n) is 2.86. The summed E-state index contributed by atoms with van der Waals surface area (Å²) in [5.41, 5.74) is -12.4. The third-order valence-electron chi connectivity index (χ3n) is 4.78. The van der Waals surface area contributed by atoms with Gasteiger partial charge in [-0.3, -0.25) is 9.59 Å². The molecule has 0 bridgehead atoms. The standard InChI is InChI=1S/C21H18F6O8S2/c22-20(23,24)36(30,31)17(37(32,33)21(25,26)27)11-16(18(28)34-12-14-7-3-1-4-8-14)19(29)35-13-15-9-5-2-6-10-15/h1-10,16-17H,11-13H2. The van der Waals surface area contributed by atoms with Crippen LogP contribution in [0.4, 0.5) is 26.3 Å². The molecule has 0 amide bonds. The molecule has 0 saturated carbocycles. The lowest BCUT2D eigenvalue weighted by atomic mass is 10.1. The summed E-state index contributed by atoms with van der Waals surface area (Å²) >= 11 is 0. The number of rotatable bonds is 10. The van der Waals surface area contributed by atoms with Crippen LogP contribution in [-0.4, -0.2) is 44.4 Å². The Bertz CT molecular complexity index is 1190. The van der Waals surface area contributed by atoms with E-state index in [1.54, 1.807) is 12.1 Å². The second-order valence-corrected chi connectivity index (χ2v) is 11.9. The van der Waals surface area contributed by atoms with Gasteiger partial charge in [0.25, 0.3) is 19.7 Å². The van der Waals surface area contributed by atoms with Crippen molar-refractivity contribution in [3.8, 4) is 0 Å². The lowest BCUT2D eigenvalue weighted by Crippen LogP contribution is -2.47. The minimum atomic E-state index is -7.10. The Morgan fingerprint density at radius 1 is 0.649 bits per heavy atom. The number of halogens is 6. The molecule has 0 heterocycles. The van der Waals surface area contributed by atoms with Gasteiger partial charge >= 0.3 is 23.0 Å². The molecule has 0 N–H and O–H groups in total. The third-order valence-corrected chi connectivity index (χ3v) is 9.36. The Balaban J connectivity index is 2.46. The Kier molecular flexibility index (Phi) is 9.35. The zero-order chi connectivity index (χ0) is 28.1. The summed E-state index contributed by atoms with van der Waals surface area (Å²) in [6, 6.07) is 14.8. The van der Waals surface area contributed by atoms with E-state index < -0.39 is 72.8 Å². The fourth-order valence-corrected chi connectivity index (χ4v) is 6.33. The predicted octanol–water partition coefficient (Wildman–Crippen LogP) is 3.67. The van der Waals surface area contributed by atoms with Gasteiger partial charge in [-0.05, 0) is 11.1 Å².